The highest BCUT2D eigenvalue weighted by molar-refractivity contribution is 5.79. The highest BCUT2D eigenvalue weighted by Gasteiger charge is 2.32. The lowest BCUT2D eigenvalue weighted by Gasteiger charge is -2.42. The monoisotopic (exact) mass is 386 g/mol. The number of nitrogens with zero attached hydrogens (tertiary/aromatic N) is 3. The Labute approximate surface area is 168 Å². The van der Waals surface area contributed by atoms with Crippen LogP contribution in [0.4, 0.5) is 0 Å². The number of nitrogens with one attached hydrogen (secondary N) is 1. The Morgan fingerprint density at radius 3 is 2.57 bits per heavy atom. The van der Waals surface area contributed by atoms with E-state index in [0.29, 0.717) is 12.1 Å². The number of amides is 1. The second-order valence-electron chi connectivity index (χ2n) is 8.59. The fourth-order valence-electron chi connectivity index (χ4n) is 4.90. The molecule has 1 N–H and O–H groups in total. The molecule has 4 heterocycles. The van der Waals surface area contributed by atoms with E-state index in [2.05, 4.69) is 32.2 Å². The number of aromatic nitrogens is 1. The molecule has 0 radical (unpaired) electrons. The molecule has 0 saturated carbocycles. The van der Waals surface area contributed by atoms with E-state index in [4.69, 9.17) is 4.74 Å². The normalized spacial score (nSPS) is 26.2. The first kappa shape index (κ1) is 19.8. The van der Waals surface area contributed by atoms with Crippen LogP contribution in [0.1, 0.15) is 44.1 Å². The topological polar surface area (TPSA) is 57.7 Å². The Hall–Kier alpha value is -1.50. The minimum Gasteiger partial charge on any atom is -0.381 e. The van der Waals surface area contributed by atoms with E-state index >= 15 is 0 Å². The van der Waals surface area contributed by atoms with Crippen LogP contribution in [-0.4, -0.2) is 72.2 Å². The molecule has 6 heteroatoms. The number of piperidine rings is 2. The van der Waals surface area contributed by atoms with Crippen molar-refractivity contribution in [1.82, 2.24) is 20.1 Å². The molecule has 0 aromatic carbocycles. The average molecular weight is 387 g/mol. The van der Waals surface area contributed by atoms with Gasteiger partial charge in [-0.05, 0) is 75.9 Å². The largest absolute Gasteiger partial charge is 0.381 e. The van der Waals surface area contributed by atoms with Crippen LogP contribution < -0.4 is 5.32 Å². The lowest BCUT2D eigenvalue weighted by Crippen LogP contribution is -2.52. The van der Waals surface area contributed by atoms with Gasteiger partial charge in [0, 0.05) is 50.8 Å². The van der Waals surface area contributed by atoms with Gasteiger partial charge in [-0.2, -0.15) is 0 Å². The Bertz CT molecular complexity index is 612. The molecule has 3 aliphatic heterocycles. The zero-order valence-corrected chi connectivity index (χ0v) is 16.9. The van der Waals surface area contributed by atoms with E-state index in [1.165, 1.54) is 18.4 Å². The van der Waals surface area contributed by atoms with Gasteiger partial charge in [0.15, 0.2) is 0 Å². The van der Waals surface area contributed by atoms with E-state index in [1.807, 2.05) is 12.4 Å². The molecule has 0 spiro atoms. The summed E-state index contributed by atoms with van der Waals surface area (Å²) in [4.78, 5) is 22.0. The fourth-order valence-corrected chi connectivity index (χ4v) is 4.90. The van der Waals surface area contributed by atoms with Crippen molar-refractivity contribution >= 4 is 5.91 Å². The van der Waals surface area contributed by atoms with Crippen molar-refractivity contribution < 1.29 is 9.53 Å². The summed E-state index contributed by atoms with van der Waals surface area (Å²) in [6, 6.07) is 5.16. The predicted octanol–water partition coefficient (Wildman–Crippen LogP) is 2.05. The van der Waals surface area contributed by atoms with Gasteiger partial charge in [0.1, 0.15) is 0 Å². The number of hydrogen-bond acceptors (Lipinski definition) is 5. The van der Waals surface area contributed by atoms with Crippen LogP contribution >= 0.6 is 0 Å². The summed E-state index contributed by atoms with van der Waals surface area (Å²) < 4.78 is 5.40. The highest BCUT2D eigenvalue weighted by atomic mass is 16.5. The van der Waals surface area contributed by atoms with Gasteiger partial charge in [0.25, 0.3) is 0 Å². The van der Waals surface area contributed by atoms with E-state index in [9.17, 15) is 4.79 Å². The van der Waals surface area contributed by atoms with Crippen LogP contribution in [0.5, 0.6) is 0 Å². The minimum atomic E-state index is 0.159. The summed E-state index contributed by atoms with van der Waals surface area (Å²) in [5, 5.41) is 3.29. The average Bonchev–Trinajstić information content (AvgIpc) is 2.76. The van der Waals surface area contributed by atoms with Crippen LogP contribution in [0.25, 0.3) is 0 Å². The SMILES string of the molecule is O=C(NC1CCOCC1)[C@@H]1CCCN(C2CCN(Cc3ccncc3)CC2)C1. The van der Waals surface area contributed by atoms with Crippen molar-refractivity contribution in [1.29, 1.82) is 0 Å². The van der Waals surface area contributed by atoms with Crippen molar-refractivity contribution in [3.05, 3.63) is 30.1 Å². The quantitative estimate of drug-likeness (QED) is 0.839. The minimum absolute atomic E-state index is 0.159. The number of pyridine rings is 1. The second kappa shape index (κ2) is 9.81. The van der Waals surface area contributed by atoms with Gasteiger partial charge in [-0.25, -0.2) is 0 Å². The Kier molecular flexibility index (Phi) is 6.94. The van der Waals surface area contributed by atoms with Gasteiger partial charge < -0.3 is 10.1 Å². The van der Waals surface area contributed by atoms with Crippen LogP contribution in [0.15, 0.2) is 24.5 Å². The van der Waals surface area contributed by atoms with E-state index < -0.39 is 0 Å². The van der Waals surface area contributed by atoms with Crippen LogP contribution in [0.3, 0.4) is 0 Å². The standard InChI is InChI=1S/C22H34N4O2/c27-22(24-20-7-14-28-15-8-20)19-2-1-11-26(17-19)21-5-12-25(13-6-21)16-18-3-9-23-10-4-18/h3-4,9-10,19-21H,1-2,5-8,11-17H2,(H,24,27)/t19-/m1/s1. The summed E-state index contributed by atoms with van der Waals surface area (Å²) >= 11 is 0. The van der Waals surface area contributed by atoms with Gasteiger partial charge in [0.05, 0.1) is 5.92 Å². The lowest BCUT2D eigenvalue weighted by atomic mass is 9.92. The first-order valence-electron chi connectivity index (χ1n) is 11.0. The second-order valence-corrected chi connectivity index (χ2v) is 8.59. The molecule has 3 saturated heterocycles. The molecule has 154 valence electrons. The van der Waals surface area contributed by atoms with Gasteiger partial charge in [-0.1, -0.05) is 0 Å². The number of likely N-dealkylation sites (tertiary alicyclic amines) is 2. The Morgan fingerprint density at radius 1 is 1.07 bits per heavy atom. The summed E-state index contributed by atoms with van der Waals surface area (Å²) in [6.45, 7) is 6.94. The van der Waals surface area contributed by atoms with Crippen molar-refractivity contribution in [2.75, 3.05) is 39.4 Å². The molecule has 3 fully saturated rings. The lowest BCUT2D eigenvalue weighted by molar-refractivity contribution is -0.128. The molecule has 1 aromatic heterocycles. The van der Waals surface area contributed by atoms with E-state index in [1.54, 1.807) is 0 Å². The summed E-state index contributed by atoms with van der Waals surface area (Å²) in [5.74, 6) is 0.429. The van der Waals surface area contributed by atoms with Gasteiger partial charge in [-0.15, -0.1) is 0 Å². The molecule has 0 unspecified atom stereocenters. The maximum Gasteiger partial charge on any atom is 0.224 e. The first-order valence-corrected chi connectivity index (χ1v) is 11.0. The number of hydrogen-bond donors (Lipinski definition) is 1. The molecule has 6 nitrogen and oxygen atoms in total. The third-order valence-electron chi connectivity index (χ3n) is 6.62. The highest BCUT2D eigenvalue weighted by Crippen LogP contribution is 2.25. The maximum absolute atomic E-state index is 12.8. The molecular formula is C22H34N4O2. The van der Waals surface area contributed by atoms with E-state index in [0.717, 1.165) is 71.6 Å². The smallest absolute Gasteiger partial charge is 0.224 e. The molecule has 0 aliphatic carbocycles. The number of carbonyl (C=O) groups is 1. The summed E-state index contributed by atoms with van der Waals surface area (Å²) in [5.41, 5.74) is 1.34. The zero-order valence-electron chi connectivity index (χ0n) is 16.9. The van der Waals surface area contributed by atoms with Gasteiger partial charge in [-0.3, -0.25) is 19.6 Å². The maximum atomic E-state index is 12.8. The molecule has 1 aromatic rings. The molecule has 0 bridgehead atoms. The van der Waals surface area contributed by atoms with E-state index in [-0.39, 0.29) is 11.8 Å². The molecule has 4 rings (SSSR count). The Balaban J connectivity index is 1.23. The Morgan fingerprint density at radius 2 is 1.82 bits per heavy atom. The van der Waals surface area contributed by atoms with Gasteiger partial charge >= 0.3 is 0 Å². The number of carbonyl (C=O) groups excluding carboxylic acids is 1. The molecule has 1 atom stereocenters. The fraction of sp³-hybridized carbons (Fsp3) is 0.727. The van der Waals surface area contributed by atoms with Crippen LogP contribution in [0, 0.1) is 5.92 Å². The third-order valence-corrected chi connectivity index (χ3v) is 6.62. The summed E-state index contributed by atoms with van der Waals surface area (Å²) in [6.07, 6.45) is 10.3. The molecule has 1 amide bonds. The van der Waals surface area contributed by atoms with Crippen LogP contribution in [0.2, 0.25) is 0 Å². The van der Waals surface area contributed by atoms with Crippen LogP contribution in [-0.2, 0) is 16.1 Å². The first-order chi connectivity index (χ1) is 13.8. The zero-order chi connectivity index (χ0) is 19.2. The predicted molar refractivity (Wildman–Crippen MR) is 109 cm³/mol. The number of rotatable bonds is 5. The van der Waals surface area contributed by atoms with Crippen molar-refractivity contribution in [3.63, 3.8) is 0 Å². The van der Waals surface area contributed by atoms with Gasteiger partial charge in [0.2, 0.25) is 5.91 Å². The number of ether oxygens (including phenoxy) is 1. The summed E-state index contributed by atoms with van der Waals surface area (Å²) in [7, 11) is 0. The van der Waals surface area contributed by atoms with Crippen molar-refractivity contribution in [2.24, 2.45) is 5.92 Å². The third kappa shape index (κ3) is 5.31. The van der Waals surface area contributed by atoms with Crippen molar-refractivity contribution in [3.8, 4) is 0 Å². The molecular weight excluding hydrogens is 352 g/mol. The molecule has 28 heavy (non-hydrogen) atoms. The molecule has 3 aliphatic rings. The van der Waals surface area contributed by atoms with Crippen molar-refractivity contribution in [2.45, 2.75) is 57.2 Å².